The van der Waals surface area contributed by atoms with Gasteiger partial charge in [0.1, 0.15) is 17.1 Å². The number of pyridine rings is 1. The number of rotatable bonds is 5. The fraction of sp³-hybridized carbons (Fsp3) is 0.464. The second-order valence-electron chi connectivity index (χ2n) is 11.7. The lowest BCUT2D eigenvalue weighted by atomic mass is 10.1. The first-order valence-electron chi connectivity index (χ1n) is 12.7. The van der Waals surface area contributed by atoms with Crippen LogP contribution in [0.4, 0.5) is 11.5 Å². The average Bonchev–Trinajstić information content (AvgIpc) is 2.78. The Morgan fingerprint density at radius 3 is 2.47 bits per heavy atom. The number of anilines is 2. The Bertz CT molecular complexity index is 1330. The number of fused-ring (bicyclic) bond motifs is 1. The van der Waals surface area contributed by atoms with E-state index in [0.717, 1.165) is 30.0 Å². The lowest BCUT2D eigenvalue weighted by Crippen LogP contribution is -2.43. The highest BCUT2D eigenvalue weighted by molar-refractivity contribution is 6.77. The maximum Gasteiger partial charge on any atom is 0.340 e. The van der Waals surface area contributed by atoms with Crippen molar-refractivity contribution in [3.63, 3.8) is 0 Å². The van der Waals surface area contributed by atoms with E-state index in [2.05, 4.69) is 29.4 Å². The lowest BCUT2D eigenvalue weighted by Gasteiger charge is -2.36. The van der Waals surface area contributed by atoms with E-state index in [1.807, 2.05) is 59.0 Å². The van der Waals surface area contributed by atoms with Crippen molar-refractivity contribution in [1.29, 1.82) is 0 Å². The number of esters is 1. The number of para-hydroxylation sites is 1. The van der Waals surface area contributed by atoms with Crippen LogP contribution in [0.25, 0.3) is 5.65 Å². The molecule has 0 saturated carbocycles. The number of nitrogens with zero attached hydrogens (tertiary/aromatic N) is 3. The molecule has 1 aliphatic rings. The highest BCUT2D eigenvalue weighted by Gasteiger charge is 2.28. The predicted molar refractivity (Wildman–Crippen MR) is 149 cm³/mol. The van der Waals surface area contributed by atoms with Crippen LogP contribution in [0.2, 0.25) is 25.2 Å². The van der Waals surface area contributed by atoms with Crippen LogP contribution >= 0.6 is 0 Å². The van der Waals surface area contributed by atoms with Crippen LogP contribution in [0, 0.1) is 6.92 Å². The maximum absolute atomic E-state index is 13.2. The van der Waals surface area contributed by atoms with Gasteiger partial charge in [0.05, 0.1) is 19.7 Å². The number of carbonyl (C=O) groups is 1. The van der Waals surface area contributed by atoms with Gasteiger partial charge in [-0.1, -0.05) is 25.2 Å². The van der Waals surface area contributed by atoms with Crippen LogP contribution in [-0.2, 0) is 4.74 Å². The quantitative estimate of drug-likeness (QED) is 0.355. The van der Waals surface area contributed by atoms with Gasteiger partial charge in [-0.15, -0.1) is 0 Å². The molecule has 2 aromatic heterocycles. The number of aryl methyl sites for hydroxylation is 1. The van der Waals surface area contributed by atoms with Gasteiger partial charge in [0.2, 0.25) is 0 Å². The van der Waals surface area contributed by atoms with Gasteiger partial charge in [0.25, 0.3) is 5.56 Å². The fourth-order valence-electron chi connectivity index (χ4n) is 4.61. The summed E-state index contributed by atoms with van der Waals surface area (Å²) < 4.78 is 7.25. The third-order valence-electron chi connectivity index (χ3n) is 6.74. The molecule has 1 unspecified atom stereocenters. The molecule has 192 valence electrons. The number of hydrogen-bond donors (Lipinski definition) is 1. The summed E-state index contributed by atoms with van der Waals surface area (Å²) in [6.45, 7) is 16.3. The van der Waals surface area contributed by atoms with Crippen LogP contribution in [0.1, 0.15) is 55.2 Å². The van der Waals surface area contributed by atoms with Gasteiger partial charge in [-0.05, 0) is 70.5 Å². The van der Waals surface area contributed by atoms with E-state index in [1.54, 1.807) is 16.5 Å². The minimum Gasteiger partial charge on any atom is -0.456 e. The minimum atomic E-state index is -1.14. The van der Waals surface area contributed by atoms with Crippen molar-refractivity contribution in [1.82, 2.24) is 9.38 Å². The summed E-state index contributed by atoms with van der Waals surface area (Å²) in [7, 11) is -1.14. The molecule has 3 aromatic rings. The minimum absolute atomic E-state index is 0.0802. The van der Waals surface area contributed by atoms with E-state index < -0.39 is 13.7 Å². The number of carbonyl (C=O) groups excluding carboxylic acids is 1. The van der Waals surface area contributed by atoms with Gasteiger partial charge in [-0.3, -0.25) is 9.20 Å². The van der Waals surface area contributed by atoms with E-state index in [0.29, 0.717) is 16.9 Å². The lowest BCUT2D eigenvalue weighted by molar-refractivity contribution is 0.00706. The van der Waals surface area contributed by atoms with Crippen LogP contribution in [0.5, 0.6) is 0 Å². The summed E-state index contributed by atoms with van der Waals surface area (Å²) >= 11 is 0. The summed E-state index contributed by atoms with van der Waals surface area (Å²) in [6, 6.07) is 13.3. The van der Waals surface area contributed by atoms with Crippen LogP contribution in [0.3, 0.4) is 0 Å². The van der Waals surface area contributed by atoms with Crippen molar-refractivity contribution in [2.75, 3.05) is 23.3 Å². The van der Waals surface area contributed by atoms with Crippen molar-refractivity contribution in [3.05, 3.63) is 69.6 Å². The van der Waals surface area contributed by atoms with Gasteiger partial charge in [-0.2, -0.15) is 0 Å². The van der Waals surface area contributed by atoms with E-state index in [-0.39, 0.29) is 17.6 Å². The van der Waals surface area contributed by atoms with E-state index in [4.69, 9.17) is 9.72 Å². The molecule has 0 spiro atoms. The maximum atomic E-state index is 13.2. The molecule has 1 aliphatic heterocycles. The molecule has 0 aliphatic carbocycles. The van der Waals surface area contributed by atoms with Crippen LogP contribution in [-0.4, -0.2) is 42.1 Å². The predicted octanol–water partition coefficient (Wildman–Crippen LogP) is 5.66. The SMILES string of the molecule is Cc1cc(C(C)Nc2ccccc2C(=O)OC(C)(C)C)c2nc(N3CC[Si](C)(C)CC3)cc(=O)n2c1. The summed E-state index contributed by atoms with van der Waals surface area (Å²) in [6.07, 6.45) is 1.84. The van der Waals surface area contributed by atoms with E-state index in [1.165, 1.54) is 12.1 Å². The van der Waals surface area contributed by atoms with Crippen molar-refractivity contribution >= 4 is 31.2 Å². The molecule has 0 amide bonds. The second kappa shape index (κ2) is 9.73. The zero-order valence-corrected chi connectivity index (χ0v) is 23.5. The molecule has 3 heterocycles. The Morgan fingerprint density at radius 2 is 1.81 bits per heavy atom. The molecule has 1 fully saturated rings. The molecular formula is C28H38N4O3Si. The molecule has 1 N–H and O–H groups in total. The summed E-state index contributed by atoms with van der Waals surface area (Å²) in [5, 5.41) is 3.48. The second-order valence-corrected chi connectivity index (χ2v) is 17.0. The van der Waals surface area contributed by atoms with Gasteiger partial charge < -0.3 is 15.0 Å². The zero-order chi connectivity index (χ0) is 26.3. The third kappa shape index (κ3) is 5.81. The summed E-state index contributed by atoms with van der Waals surface area (Å²) in [4.78, 5) is 33.2. The van der Waals surface area contributed by atoms with Crippen LogP contribution < -0.4 is 15.8 Å². The van der Waals surface area contributed by atoms with Crippen molar-refractivity contribution in [3.8, 4) is 0 Å². The molecule has 0 radical (unpaired) electrons. The monoisotopic (exact) mass is 506 g/mol. The summed E-state index contributed by atoms with van der Waals surface area (Å²) in [5.74, 6) is 0.371. The Labute approximate surface area is 214 Å². The number of nitrogens with one attached hydrogen (secondary N) is 1. The Hall–Kier alpha value is -3.13. The largest absolute Gasteiger partial charge is 0.456 e. The molecular weight excluding hydrogens is 468 g/mol. The molecule has 8 heteroatoms. The molecule has 4 rings (SSSR count). The number of benzene rings is 1. The molecule has 7 nitrogen and oxygen atoms in total. The van der Waals surface area contributed by atoms with Gasteiger partial charge in [0.15, 0.2) is 0 Å². The molecule has 1 saturated heterocycles. The van der Waals surface area contributed by atoms with Crippen molar-refractivity contribution in [2.45, 2.75) is 71.4 Å². The van der Waals surface area contributed by atoms with Gasteiger partial charge >= 0.3 is 5.97 Å². The van der Waals surface area contributed by atoms with Crippen LogP contribution in [0.15, 0.2) is 47.4 Å². The van der Waals surface area contributed by atoms with E-state index in [9.17, 15) is 9.59 Å². The Morgan fingerprint density at radius 1 is 1.14 bits per heavy atom. The first kappa shape index (κ1) is 25.9. The number of aromatic nitrogens is 2. The Balaban J connectivity index is 1.70. The van der Waals surface area contributed by atoms with Gasteiger partial charge in [-0.25, -0.2) is 9.78 Å². The smallest absolute Gasteiger partial charge is 0.340 e. The van der Waals surface area contributed by atoms with E-state index >= 15 is 0 Å². The van der Waals surface area contributed by atoms with Crippen molar-refractivity contribution < 1.29 is 9.53 Å². The first-order valence-corrected chi connectivity index (χ1v) is 16.1. The fourth-order valence-corrected chi connectivity index (χ4v) is 6.61. The first-order chi connectivity index (χ1) is 16.8. The standard InChI is InChI=1S/C28H38N4O3Si/c1-19-16-22(20(2)29-23-11-9-8-10-21(23)27(34)35-28(3,4)5)26-30-24(17-25(33)32(26)18-19)31-12-14-36(6,7)15-13-31/h8-11,16-18,20,29H,12-15H2,1-7H3. The van der Waals surface area contributed by atoms with Gasteiger partial charge in [0, 0.05) is 36.6 Å². The topological polar surface area (TPSA) is 75.9 Å². The molecule has 0 bridgehead atoms. The normalized spacial score (nSPS) is 16.6. The molecule has 1 aromatic carbocycles. The van der Waals surface area contributed by atoms with Crippen molar-refractivity contribution in [2.24, 2.45) is 0 Å². The highest BCUT2D eigenvalue weighted by atomic mass is 28.3. The third-order valence-corrected chi connectivity index (χ3v) is 9.89. The summed E-state index contributed by atoms with van der Waals surface area (Å²) in [5.41, 5.74) is 3.00. The number of hydrogen-bond acceptors (Lipinski definition) is 6. The number of ether oxygens (including phenoxy) is 1. The average molecular weight is 507 g/mol. The molecule has 1 atom stereocenters. The highest BCUT2D eigenvalue weighted by Crippen LogP contribution is 2.29. The Kier molecular flexibility index (Phi) is 7.01. The molecule has 36 heavy (non-hydrogen) atoms. The zero-order valence-electron chi connectivity index (χ0n) is 22.5.